The maximum absolute atomic E-state index is 4.53. The molecule has 19 heavy (non-hydrogen) atoms. The van der Waals surface area contributed by atoms with E-state index in [2.05, 4.69) is 23.8 Å². The van der Waals surface area contributed by atoms with E-state index >= 15 is 0 Å². The van der Waals surface area contributed by atoms with Crippen LogP contribution in [0.2, 0.25) is 0 Å². The van der Waals surface area contributed by atoms with E-state index in [9.17, 15) is 0 Å². The van der Waals surface area contributed by atoms with Crippen LogP contribution in [-0.4, -0.2) is 16.3 Å². The lowest BCUT2D eigenvalue weighted by Gasteiger charge is -2.14. The lowest BCUT2D eigenvalue weighted by atomic mass is 10.1. The van der Waals surface area contributed by atoms with E-state index in [-0.39, 0.29) is 0 Å². The van der Waals surface area contributed by atoms with Crippen molar-refractivity contribution in [1.82, 2.24) is 0 Å². The SMILES string of the molecule is CCCCCCCCCCCC1=NC(C)=NC(C)S1. The molecule has 1 unspecified atom stereocenters. The monoisotopic (exact) mass is 282 g/mol. The Kier molecular flexibility index (Phi) is 9.23. The maximum Gasteiger partial charge on any atom is 0.122 e. The third-order valence-electron chi connectivity index (χ3n) is 3.46. The number of unbranched alkanes of at least 4 members (excludes halogenated alkanes) is 8. The van der Waals surface area contributed by atoms with Crippen molar-refractivity contribution in [3.05, 3.63) is 0 Å². The number of rotatable bonds is 10. The van der Waals surface area contributed by atoms with Crippen LogP contribution in [0.25, 0.3) is 0 Å². The van der Waals surface area contributed by atoms with Crippen molar-refractivity contribution in [2.75, 3.05) is 0 Å². The lowest BCUT2D eigenvalue weighted by Crippen LogP contribution is -2.10. The van der Waals surface area contributed by atoms with Gasteiger partial charge in [0.25, 0.3) is 0 Å². The fourth-order valence-electron chi connectivity index (χ4n) is 2.42. The molecule has 1 heterocycles. The standard InChI is InChI=1S/C16H30N2S/c1-4-5-6-7-8-9-10-11-12-13-16-18-14(2)17-15(3)19-16/h15H,4-13H2,1-3H3. The molecule has 0 aromatic heterocycles. The van der Waals surface area contributed by atoms with Crippen molar-refractivity contribution in [2.45, 2.75) is 90.4 Å². The van der Waals surface area contributed by atoms with E-state index in [1.54, 1.807) is 0 Å². The fourth-order valence-corrected chi connectivity index (χ4v) is 3.47. The van der Waals surface area contributed by atoms with Crippen LogP contribution in [0.4, 0.5) is 0 Å². The third-order valence-corrected chi connectivity index (χ3v) is 4.47. The molecule has 0 saturated heterocycles. The van der Waals surface area contributed by atoms with E-state index in [1.165, 1.54) is 62.8 Å². The second kappa shape index (κ2) is 10.5. The van der Waals surface area contributed by atoms with Crippen molar-refractivity contribution in [1.29, 1.82) is 0 Å². The van der Waals surface area contributed by atoms with Crippen LogP contribution >= 0.6 is 11.8 Å². The predicted molar refractivity (Wildman–Crippen MR) is 89.4 cm³/mol. The molecule has 0 radical (unpaired) electrons. The van der Waals surface area contributed by atoms with Crippen molar-refractivity contribution >= 4 is 22.6 Å². The maximum atomic E-state index is 4.53. The van der Waals surface area contributed by atoms with Gasteiger partial charge >= 0.3 is 0 Å². The second-order valence-electron chi connectivity index (χ2n) is 5.48. The van der Waals surface area contributed by atoms with Crippen molar-refractivity contribution in [3.63, 3.8) is 0 Å². The van der Waals surface area contributed by atoms with Gasteiger partial charge in [-0.3, -0.25) is 4.99 Å². The highest BCUT2D eigenvalue weighted by molar-refractivity contribution is 8.14. The van der Waals surface area contributed by atoms with Gasteiger partial charge in [0.15, 0.2) is 0 Å². The molecule has 1 rings (SSSR count). The first-order valence-electron chi connectivity index (χ1n) is 8.01. The van der Waals surface area contributed by atoms with Gasteiger partial charge in [-0.1, -0.05) is 70.1 Å². The first kappa shape index (κ1) is 16.7. The minimum absolute atomic E-state index is 0.367. The van der Waals surface area contributed by atoms with Crippen LogP contribution in [0, 0.1) is 0 Å². The summed E-state index contributed by atoms with van der Waals surface area (Å²) < 4.78 is 0. The molecule has 2 nitrogen and oxygen atoms in total. The Morgan fingerprint density at radius 3 is 2.11 bits per heavy atom. The van der Waals surface area contributed by atoms with Crippen LogP contribution in [0.5, 0.6) is 0 Å². The highest BCUT2D eigenvalue weighted by atomic mass is 32.2. The molecule has 110 valence electrons. The fraction of sp³-hybridized carbons (Fsp3) is 0.875. The minimum Gasteiger partial charge on any atom is -0.256 e. The molecule has 0 aromatic rings. The van der Waals surface area contributed by atoms with E-state index in [1.807, 2.05) is 18.7 Å². The molecular formula is C16H30N2S. The summed E-state index contributed by atoms with van der Waals surface area (Å²) >= 11 is 1.83. The molecule has 0 aliphatic carbocycles. The van der Waals surface area contributed by atoms with Crippen LogP contribution in [0.3, 0.4) is 0 Å². The first-order valence-corrected chi connectivity index (χ1v) is 8.89. The van der Waals surface area contributed by atoms with E-state index in [4.69, 9.17) is 0 Å². The third kappa shape index (κ3) is 8.46. The van der Waals surface area contributed by atoms with Gasteiger partial charge in [-0.2, -0.15) is 0 Å². The smallest absolute Gasteiger partial charge is 0.122 e. The summed E-state index contributed by atoms with van der Waals surface area (Å²) in [7, 11) is 0. The zero-order valence-electron chi connectivity index (χ0n) is 13.0. The summed E-state index contributed by atoms with van der Waals surface area (Å²) in [5, 5.41) is 1.66. The van der Waals surface area contributed by atoms with Gasteiger partial charge in [0.1, 0.15) is 11.2 Å². The summed E-state index contributed by atoms with van der Waals surface area (Å²) in [5.74, 6) is 0.956. The average molecular weight is 282 g/mol. The molecule has 0 spiro atoms. The zero-order chi connectivity index (χ0) is 13.9. The van der Waals surface area contributed by atoms with Crippen LogP contribution in [0.1, 0.15) is 85.0 Å². The van der Waals surface area contributed by atoms with Crippen LogP contribution in [0.15, 0.2) is 9.98 Å². The molecule has 0 saturated carbocycles. The highest BCUT2D eigenvalue weighted by Gasteiger charge is 2.12. The second-order valence-corrected chi connectivity index (χ2v) is 6.87. The number of nitrogens with zero attached hydrogens (tertiary/aromatic N) is 2. The Morgan fingerprint density at radius 2 is 1.53 bits per heavy atom. The van der Waals surface area contributed by atoms with Crippen molar-refractivity contribution < 1.29 is 0 Å². The summed E-state index contributed by atoms with van der Waals surface area (Å²) in [6.07, 6.45) is 13.7. The van der Waals surface area contributed by atoms with Gasteiger partial charge in [-0.05, 0) is 26.7 Å². The van der Waals surface area contributed by atoms with Crippen molar-refractivity contribution in [2.24, 2.45) is 9.98 Å². The molecular weight excluding hydrogens is 252 g/mol. The van der Waals surface area contributed by atoms with Gasteiger partial charge < -0.3 is 0 Å². The van der Waals surface area contributed by atoms with Crippen molar-refractivity contribution in [3.8, 4) is 0 Å². The normalized spacial score (nSPS) is 19.2. The molecule has 0 aromatic carbocycles. The summed E-state index contributed by atoms with van der Waals surface area (Å²) in [4.78, 5) is 8.95. The Labute approximate surface area is 123 Å². The Balaban J connectivity index is 1.95. The van der Waals surface area contributed by atoms with Gasteiger partial charge in [0.2, 0.25) is 0 Å². The largest absolute Gasteiger partial charge is 0.256 e. The van der Waals surface area contributed by atoms with Crippen LogP contribution < -0.4 is 0 Å². The number of amidine groups is 1. The number of thioether (sulfide) groups is 1. The summed E-state index contributed by atoms with van der Waals surface area (Å²) in [6.45, 7) is 6.44. The number of hydrogen-bond acceptors (Lipinski definition) is 3. The Morgan fingerprint density at radius 1 is 0.947 bits per heavy atom. The quantitative estimate of drug-likeness (QED) is 0.463. The Hall–Kier alpha value is -0.310. The average Bonchev–Trinajstić information content (AvgIpc) is 2.36. The summed E-state index contributed by atoms with van der Waals surface area (Å²) in [6, 6.07) is 0. The first-order chi connectivity index (χ1) is 9.22. The van der Waals surface area contributed by atoms with Crippen LogP contribution in [-0.2, 0) is 0 Å². The molecule has 0 bridgehead atoms. The molecule has 1 aliphatic rings. The predicted octanol–water partition coefficient (Wildman–Crippen LogP) is 5.82. The van der Waals surface area contributed by atoms with E-state index in [0.29, 0.717) is 5.37 Å². The van der Waals surface area contributed by atoms with Gasteiger partial charge in [-0.25, -0.2) is 4.99 Å². The van der Waals surface area contributed by atoms with E-state index in [0.717, 1.165) is 12.3 Å². The van der Waals surface area contributed by atoms with Gasteiger partial charge in [-0.15, -0.1) is 0 Å². The number of aliphatic imine (C=N–C) groups is 2. The molecule has 1 aliphatic heterocycles. The van der Waals surface area contributed by atoms with Gasteiger partial charge in [0, 0.05) is 0 Å². The minimum atomic E-state index is 0.367. The Bertz CT molecular complexity index is 297. The molecule has 0 N–H and O–H groups in total. The lowest BCUT2D eigenvalue weighted by molar-refractivity contribution is 0.568. The summed E-state index contributed by atoms with van der Waals surface area (Å²) in [5.41, 5.74) is 0. The topological polar surface area (TPSA) is 24.7 Å². The molecule has 1 atom stereocenters. The van der Waals surface area contributed by atoms with Gasteiger partial charge in [0.05, 0.1) is 5.04 Å². The van der Waals surface area contributed by atoms with E-state index < -0.39 is 0 Å². The molecule has 0 amide bonds. The number of hydrogen-bond donors (Lipinski definition) is 0. The zero-order valence-corrected chi connectivity index (χ0v) is 13.8. The molecule has 3 heteroatoms. The highest BCUT2D eigenvalue weighted by Crippen LogP contribution is 2.23. The molecule has 0 fully saturated rings.